The average molecular weight is 323 g/mol. The van der Waals surface area contributed by atoms with E-state index in [1.165, 1.54) is 63.4 Å². The van der Waals surface area contributed by atoms with E-state index in [2.05, 4.69) is 56.4 Å². The van der Waals surface area contributed by atoms with Crippen LogP contribution in [0.1, 0.15) is 75.5 Å². The molecule has 3 rings (SSSR count). The Hall–Kier alpha value is -1.30. The zero-order valence-electron chi connectivity index (χ0n) is 15.6. The standard InChI is InChI=1S/C24H34/c1-3-9-20(21-10-5-4-6-11-21)12-7-13-22-14-8-15-23-17-16-19(2)18-24(22)23/h5,8,10,14-17,19-21H,3-4,6-7,9,11-13,18H2,1-2H3. The first-order valence-corrected chi connectivity index (χ1v) is 10.2. The molecule has 0 saturated heterocycles. The van der Waals surface area contributed by atoms with Gasteiger partial charge in [0.15, 0.2) is 0 Å². The van der Waals surface area contributed by atoms with Gasteiger partial charge in [-0.1, -0.05) is 69.2 Å². The molecule has 0 N–H and O–H groups in total. The van der Waals surface area contributed by atoms with Gasteiger partial charge in [0.25, 0.3) is 0 Å². The van der Waals surface area contributed by atoms with E-state index in [1.54, 1.807) is 11.1 Å². The smallest absolute Gasteiger partial charge is 0.0205 e. The predicted octanol–water partition coefficient (Wildman–Crippen LogP) is 6.99. The Labute approximate surface area is 149 Å². The summed E-state index contributed by atoms with van der Waals surface area (Å²) in [7, 11) is 0. The molecular formula is C24H34. The van der Waals surface area contributed by atoms with E-state index in [0.29, 0.717) is 5.92 Å². The van der Waals surface area contributed by atoms with Crippen LogP contribution in [0.4, 0.5) is 0 Å². The second-order valence-electron chi connectivity index (χ2n) is 7.99. The van der Waals surface area contributed by atoms with Crippen LogP contribution >= 0.6 is 0 Å². The first-order valence-electron chi connectivity index (χ1n) is 10.2. The molecule has 3 unspecified atom stereocenters. The highest BCUT2D eigenvalue weighted by Crippen LogP contribution is 2.32. The highest BCUT2D eigenvalue weighted by Gasteiger charge is 2.20. The van der Waals surface area contributed by atoms with E-state index in [4.69, 9.17) is 0 Å². The SMILES string of the molecule is CCCC(CCCc1cccc2c1CC(C)C=C2)C1C=CCCC1. The van der Waals surface area contributed by atoms with Gasteiger partial charge < -0.3 is 0 Å². The van der Waals surface area contributed by atoms with Gasteiger partial charge in [0.1, 0.15) is 0 Å². The van der Waals surface area contributed by atoms with E-state index in [9.17, 15) is 0 Å². The molecule has 0 heterocycles. The van der Waals surface area contributed by atoms with E-state index >= 15 is 0 Å². The van der Waals surface area contributed by atoms with Gasteiger partial charge in [-0.2, -0.15) is 0 Å². The molecule has 0 heteroatoms. The van der Waals surface area contributed by atoms with Gasteiger partial charge in [-0.25, -0.2) is 0 Å². The number of hydrogen-bond donors (Lipinski definition) is 0. The molecule has 0 radical (unpaired) electrons. The maximum absolute atomic E-state index is 2.53. The summed E-state index contributed by atoms with van der Waals surface area (Å²) in [5.41, 5.74) is 4.70. The van der Waals surface area contributed by atoms with Crippen molar-refractivity contribution >= 4 is 6.08 Å². The third-order valence-corrected chi connectivity index (χ3v) is 6.02. The summed E-state index contributed by atoms with van der Waals surface area (Å²) in [5.74, 6) is 2.45. The summed E-state index contributed by atoms with van der Waals surface area (Å²) in [6.07, 6.45) is 21.8. The normalized spacial score (nSPS) is 23.9. The second kappa shape index (κ2) is 8.70. The lowest BCUT2D eigenvalue weighted by molar-refractivity contribution is 0.308. The molecule has 0 nitrogen and oxygen atoms in total. The lowest BCUT2D eigenvalue weighted by Gasteiger charge is -2.27. The molecule has 2 aliphatic rings. The Kier molecular flexibility index (Phi) is 6.35. The van der Waals surface area contributed by atoms with Crippen LogP contribution in [0.2, 0.25) is 0 Å². The fourth-order valence-corrected chi connectivity index (χ4v) is 4.68. The maximum Gasteiger partial charge on any atom is -0.0205 e. The van der Waals surface area contributed by atoms with Crippen molar-refractivity contribution in [3.63, 3.8) is 0 Å². The Morgan fingerprint density at radius 2 is 2.08 bits per heavy atom. The zero-order valence-corrected chi connectivity index (χ0v) is 15.6. The average Bonchev–Trinajstić information content (AvgIpc) is 2.62. The minimum Gasteiger partial charge on any atom is -0.0882 e. The van der Waals surface area contributed by atoms with Crippen molar-refractivity contribution in [3.05, 3.63) is 53.1 Å². The topological polar surface area (TPSA) is 0 Å². The van der Waals surface area contributed by atoms with Crippen molar-refractivity contribution in [2.45, 2.75) is 71.6 Å². The minimum atomic E-state index is 0.693. The van der Waals surface area contributed by atoms with Gasteiger partial charge in [0.05, 0.1) is 0 Å². The Balaban J connectivity index is 1.60. The molecule has 0 aliphatic heterocycles. The molecule has 130 valence electrons. The van der Waals surface area contributed by atoms with Gasteiger partial charge in [0, 0.05) is 0 Å². The number of fused-ring (bicyclic) bond motifs is 1. The molecule has 3 atom stereocenters. The van der Waals surface area contributed by atoms with Crippen LogP contribution in [-0.4, -0.2) is 0 Å². The Morgan fingerprint density at radius 1 is 1.17 bits per heavy atom. The van der Waals surface area contributed by atoms with Gasteiger partial charge >= 0.3 is 0 Å². The molecule has 0 bridgehead atoms. The molecule has 2 aliphatic carbocycles. The Morgan fingerprint density at radius 3 is 2.88 bits per heavy atom. The van der Waals surface area contributed by atoms with Crippen LogP contribution in [0.25, 0.3) is 6.08 Å². The molecule has 0 fully saturated rings. The third-order valence-electron chi connectivity index (χ3n) is 6.02. The summed E-state index contributed by atoms with van der Waals surface area (Å²) < 4.78 is 0. The second-order valence-corrected chi connectivity index (χ2v) is 7.99. The van der Waals surface area contributed by atoms with Gasteiger partial charge in [-0.15, -0.1) is 0 Å². The summed E-state index contributed by atoms with van der Waals surface area (Å²) in [4.78, 5) is 0. The van der Waals surface area contributed by atoms with Crippen LogP contribution in [0.5, 0.6) is 0 Å². The van der Waals surface area contributed by atoms with Crippen LogP contribution in [0.3, 0.4) is 0 Å². The number of allylic oxidation sites excluding steroid dienone is 3. The number of aryl methyl sites for hydroxylation is 1. The predicted molar refractivity (Wildman–Crippen MR) is 106 cm³/mol. The fraction of sp³-hybridized carbons (Fsp3) is 0.583. The molecule has 0 aromatic heterocycles. The summed E-state index contributed by atoms with van der Waals surface area (Å²) >= 11 is 0. The van der Waals surface area contributed by atoms with E-state index in [1.807, 2.05) is 0 Å². The lowest BCUT2D eigenvalue weighted by Crippen LogP contribution is -2.15. The van der Waals surface area contributed by atoms with Crippen molar-refractivity contribution < 1.29 is 0 Å². The minimum absolute atomic E-state index is 0.693. The van der Waals surface area contributed by atoms with Gasteiger partial charge in [-0.05, 0) is 79.4 Å². The first-order chi connectivity index (χ1) is 11.8. The molecule has 1 aromatic rings. The van der Waals surface area contributed by atoms with Crippen LogP contribution in [0.15, 0.2) is 36.4 Å². The van der Waals surface area contributed by atoms with Crippen molar-refractivity contribution in [1.82, 2.24) is 0 Å². The Bertz CT molecular complexity index is 578. The summed E-state index contributed by atoms with van der Waals surface area (Å²) in [5, 5.41) is 0. The quantitative estimate of drug-likeness (QED) is 0.475. The largest absolute Gasteiger partial charge is 0.0882 e. The van der Waals surface area contributed by atoms with Gasteiger partial charge in [0.2, 0.25) is 0 Å². The molecule has 0 amide bonds. The van der Waals surface area contributed by atoms with E-state index in [0.717, 1.165) is 11.8 Å². The highest BCUT2D eigenvalue weighted by atomic mass is 14.3. The van der Waals surface area contributed by atoms with Crippen molar-refractivity contribution in [1.29, 1.82) is 0 Å². The number of hydrogen-bond acceptors (Lipinski definition) is 0. The molecular weight excluding hydrogens is 288 g/mol. The van der Waals surface area contributed by atoms with Crippen LogP contribution in [0, 0.1) is 17.8 Å². The molecule has 1 aromatic carbocycles. The van der Waals surface area contributed by atoms with Gasteiger partial charge in [-0.3, -0.25) is 0 Å². The first kappa shape index (κ1) is 17.5. The fourth-order valence-electron chi connectivity index (χ4n) is 4.68. The zero-order chi connectivity index (χ0) is 16.8. The van der Waals surface area contributed by atoms with E-state index in [-0.39, 0.29) is 0 Å². The molecule has 24 heavy (non-hydrogen) atoms. The third kappa shape index (κ3) is 4.41. The van der Waals surface area contributed by atoms with Crippen LogP contribution < -0.4 is 0 Å². The van der Waals surface area contributed by atoms with Crippen molar-refractivity contribution in [2.24, 2.45) is 17.8 Å². The lowest BCUT2D eigenvalue weighted by atomic mass is 9.78. The van der Waals surface area contributed by atoms with Crippen molar-refractivity contribution in [2.75, 3.05) is 0 Å². The highest BCUT2D eigenvalue weighted by molar-refractivity contribution is 5.58. The molecule has 0 spiro atoms. The monoisotopic (exact) mass is 322 g/mol. The maximum atomic E-state index is 2.53. The summed E-state index contributed by atoms with van der Waals surface area (Å²) in [6, 6.07) is 6.91. The van der Waals surface area contributed by atoms with Crippen molar-refractivity contribution in [3.8, 4) is 0 Å². The summed E-state index contributed by atoms with van der Waals surface area (Å²) in [6.45, 7) is 4.68. The van der Waals surface area contributed by atoms with E-state index < -0.39 is 0 Å². The molecule has 0 saturated carbocycles. The number of rotatable bonds is 7. The number of benzene rings is 1. The van der Waals surface area contributed by atoms with Crippen LogP contribution in [-0.2, 0) is 12.8 Å².